The second-order valence-corrected chi connectivity index (χ2v) is 7.78. The minimum absolute atomic E-state index is 1.27. The van der Waals surface area contributed by atoms with E-state index >= 15 is 0 Å². The SMILES string of the molecule is Cc1ccc(-c2ccc(-c3cccc(I)c3C)cc2)cc1I. The number of halogens is 2. The standard InChI is InChI=1S/C20H16I2/c1-13-6-7-17(12-20(13)22)15-8-10-16(11-9-15)18-4-3-5-19(21)14(18)2/h3-12H,1-2H3. The van der Waals surface area contributed by atoms with Gasteiger partial charge in [0.25, 0.3) is 0 Å². The van der Waals surface area contributed by atoms with Crippen molar-refractivity contribution < 1.29 is 0 Å². The fraction of sp³-hybridized carbons (Fsp3) is 0.100. The van der Waals surface area contributed by atoms with Crippen molar-refractivity contribution in [1.29, 1.82) is 0 Å². The molecule has 0 atom stereocenters. The van der Waals surface area contributed by atoms with Crippen LogP contribution in [0.4, 0.5) is 0 Å². The first kappa shape index (κ1) is 16.0. The number of benzene rings is 3. The molecule has 0 bridgehead atoms. The quantitative estimate of drug-likeness (QED) is 0.331. The van der Waals surface area contributed by atoms with Crippen LogP contribution in [0, 0.1) is 21.0 Å². The van der Waals surface area contributed by atoms with Crippen LogP contribution in [0.15, 0.2) is 60.7 Å². The summed E-state index contributed by atoms with van der Waals surface area (Å²) >= 11 is 4.80. The van der Waals surface area contributed by atoms with Crippen molar-refractivity contribution in [3.63, 3.8) is 0 Å². The Hall–Kier alpha value is -0.880. The molecule has 0 aromatic heterocycles. The molecule has 0 unspecified atom stereocenters. The summed E-state index contributed by atoms with van der Waals surface area (Å²) in [5.74, 6) is 0. The Morgan fingerprint density at radius 3 is 1.95 bits per heavy atom. The van der Waals surface area contributed by atoms with Crippen LogP contribution in [0.3, 0.4) is 0 Å². The predicted octanol–water partition coefficient (Wildman–Crippen LogP) is 6.85. The van der Waals surface area contributed by atoms with Gasteiger partial charge in [0.2, 0.25) is 0 Å². The maximum atomic E-state index is 2.40. The van der Waals surface area contributed by atoms with E-state index in [1.54, 1.807) is 0 Å². The average Bonchev–Trinajstić information content (AvgIpc) is 2.53. The van der Waals surface area contributed by atoms with E-state index in [9.17, 15) is 0 Å². The predicted molar refractivity (Wildman–Crippen MR) is 112 cm³/mol. The van der Waals surface area contributed by atoms with Gasteiger partial charge >= 0.3 is 0 Å². The molecule has 0 aliphatic carbocycles. The molecule has 110 valence electrons. The van der Waals surface area contributed by atoms with Gasteiger partial charge in [0, 0.05) is 7.14 Å². The first-order valence-corrected chi connectivity index (χ1v) is 9.34. The third-order valence-electron chi connectivity index (χ3n) is 3.97. The zero-order valence-electron chi connectivity index (χ0n) is 12.5. The van der Waals surface area contributed by atoms with Crippen molar-refractivity contribution in [2.45, 2.75) is 13.8 Å². The van der Waals surface area contributed by atoms with Gasteiger partial charge in [0.15, 0.2) is 0 Å². The highest BCUT2D eigenvalue weighted by molar-refractivity contribution is 14.1. The molecule has 0 saturated heterocycles. The second kappa shape index (κ2) is 6.71. The van der Waals surface area contributed by atoms with E-state index in [2.05, 4.69) is 120 Å². The van der Waals surface area contributed by atoms with Crippen LogP contribution in [0.2, 0.25) is 0 Å². The van der Waals surface area contributed by atoms with Gasteiger partial charge < -0.3 is 0 Å². The van der Waals surface area contributed by atoms with Crippen molar-refractivity contribution in [3.05, 3.63) is 78.9 Å². The summed E-state index contributed by atoms with van der Waals surface area (Å²) in [7, 11) is 0. The van der Waals surface area contributed by atoms with Crippen LogP contribution in [0.25, 0.3) is 22.3 Å². The molecule has 3 rings (SSSR count). The Morgan fingerprint density at radius 2 is 1.27 bits per heavy atom. The summed E-state index contributed by atoms with van der Waals surface area (Å²) in [6.45, 7) is 4.34. The van der Waals surface area contributed by atoms with E-state index in [1.807, 2.05) is 0 Å². The largest absolute Gasteiger partial charge is 0.0606 e. The lowest BCUT2D eigenvalue weighted by atomic mass is 9.97. The Kier molecular flexibility index (Phi) is 4.88. The minimum Gasteiger partial charge on any atom is -0.0606 e. The second-order valence-electron chi connectivity index (χ2n) is 5.45. The lowest BCUT2D eigenvalue weighted by Crippen LogP contribution is -1.87. The van der Waals surface area contributed by atoms with Gasteiger partial charge in [-0.15, -0.1) is 0 Å². The van der Waals surface area contributed by atoms with Crippen LogP contribution >= 0.6 is 45.2 Å². The topological polar surface area (TPSA) is 0 Å². The smallest absolute Gasteiger partial charge is 0.0165 e. The zero-order valence-corrected chi connectivity index (χ0v) is 16.8. The molecule has 3 aromatic rings. The molecule has 0 heterocycles. The van der Waals surface area contributed by atoms with Crippen LogP contribution in [-0.4, -0.2) is 0 Å². The molecule has 0 N–H and O–H groups in total. The molecule has 0 radical (unpaired) electrons. The first-order chi connectivity index (χ1) is 10.6. The van der Waals surface area contributed by atoms with E-state index in [1.165, 1.54) is 40.5 Å². The van der Waals surface area contributed by atoms with E-state index in [0.29, 0.717) is 0 Å². The van der Waals surface area contributed by atoms with Crippen LogP contribution in [-0.2, 0) is 0 Å². The Morgan fingerprint density at radius 1 is 0.636 bits per heavy atom. The summed E-state index contributed by atoms with van der Waals surface area (Å²) in [6, 6.07) is 22.0. The molecule has 0 spiro atoms. The zero-order chi connectivity index (χ0) is 15.7. The van der Waals surface area contributed by atoms with E-state index in [4.69, 9.17) is 0 Å². The number of hydrogen-bond donors (Lipinski definition) is 0. The summed E-state index contributed by atoms with van der Waals surface area (Å²) in [4.78, 5) is 0. The molecule has 0 nitrogen and oxygen atoms in total. The van der Waals surface area contributed by atoms with Gasteiger partial charge in [-0.2, -0.15) is 0 Å². The van der Waals surface area contributed by atoms with Gasteiger partial charge in [-0.25, -0.2) is 0 Å². The highest BCUT2D eigenvalue weighted by Gasteiger charge is 2.06. The van der Waals surface area contributed by atoms with Crippen molar-refractivity contribution >= 4 is 45.2 Å². The third-order valence-corrected chi connectivity index (χ3v) is 6.30. The van der Waals surface area contributed by atoms with Crippen molar-refractivity contribution in [2.24, 2.45) is 0 Å². The molecule has 0 aliphatic heterocycles. The minimum atomic E-state index is 1.27. The monoisotopic (exact) mass is 510 g/mol. The molecule has 0 aliphatic rings. The molecule has 22 heavy (non-hydrogen) atoms. The van der Waals surface area contributed by atoms with Gasteiger partial charge in [-0.3, -0.25) is 0 Å². The lowest BCUT2D eigenvalue weighted by molar-refractivity contribution is 1.41. The number of aryl methyl sites for hydroxylation is 1. The fourth-order valence-electron chi connectivity index (χ4n) is 2.53. The lowest BCUT2D eigenvalue weighted by Gasteiger charge is -2.10. The highest BCUT2D eigenvalue weighted by Crippen LogP contribution is 2.29. The Labute approximate surface area is 159 Å². The maximum absolute atomic E-state index is 2.40. The maximum Gasteiger partial charge on any atom is 0.0165 e. The highest BCUT2D eigenvalue weighted by atomic mass is 127. The summed E-state index contributed by atoms with van der Waals surface area (Å²) in [5.41, 5.74) is 7.82. The molecule has 3 aromatic carbocycles. The summed E-state index contributed by atoms with van der Waals surface area (Å²) in [6.07, 6.45) is 0. The molecule has 0 saturated carbocycles. The molecular weight excluding hydrogens is 494 g/mol. The molecular formula is C20H16I2. The van der Waals surface area contributed by atoms with Gasteiger partial charge in [-0.05, 0) is 105 Å². The van der Waals surface area contributed by atoms with Crippen molar-refractivity contribution in [1.82, 2.24) is 0 Å². The summed E-state index contributed by atoms with van der Waals surface area (Å²) < 4.78 is 2.62. The van der Waals surface area contributed by atoms with Crippen LogP contribution < -0.4 is 0 Å². The first-order valence-electron chi connectivity index (χ1n) is 7.18. The molecule has 0 fully saturated rings. The Balaban J connectivity index is 1.99. The van der Waals surface area contributed by atoms with Crippen LogP contribution in [0.1, 0.15) is 11.1 Å². The molecule has 2 heteroatoms. The van der Waals surface area contributed by atoms with Gasteiger partial charge in [0.05, 0.1) is 0 Å². The molecule has 0 amide bonds. The van der Waals surface area contributed by atoms with Gasteiger partial charge in [0.1, 0.15) is 0 Å². The van der Waals surface area contributed by atoms with Crippen molar-refractivity contribution in [2.75, 3.05) is 0 Å². The number of hydrogen-bond acceptors (Lipinski definition) is 0. The fourth-order valence-corrected chi connectivity index (χ4v) is 3.55. The number of rotatable bonds is 2. The van der Waals surface area contributed by atoms with E-state index in [0.717, 1.165) is 0 Å². The van der Waals surface area contributed by atoms with E-state index in [-0.39, 0.29) is 0 Å². The average molecular weight is 510 g/mol. The summed E-state index contributed by atoms with van der Waals surface area (Å²) in [5, 5.41) is 0. The van der Waals surface area contributed by atoms with Gasteiger partial charge in [-0.1, -0.05) is 48.5 Å². The van der Waals surface area contributed by atoms with E-state index < -0.39 is 0 Å². The Bertz CT molecular complexity index is 818. The third kappa shape index (κ3) is 3.23. The normalized spacial score (nSPS) is 10.7. The van der Waals surface area contributed by atoms with Crippen LogP contribution in [0.5, 0.6) is 0 Å². The van der Waals surface area contributed by atoms with Crippen molar-refractivity contribution in [3.8, 4) is 22.3 Å².